The van der Waals surface area contributed by atoms with Gasteiger partial charge in [0.25, 0.3) is 0 Å². The van der Waals surface area contributed by atoms with Crippen molar-refractivity contribution < 1.29 is 4.74 Å². The van der Waals surface area contributed by atoms with E-state index in [1.54, 1.807) is 6.20 Å². The summed E-state index contributed by atoms with van der Waals surface area (Å²) in [6.45, 7) is 0.458. The number of hydrogen-bond donors (Lipinski definition) is 0. The largest absolute Gasteiger partial charge is 0.486 e. The van der Waals surface area contributed by atoms with Gasteiger partial charge in [0.05, 0.1) is 10.2 Å². The van der Waals surface area contributed by atoms with Crippen LogP contribution in [0.5, 0.6) is 5.75 Å². The summed E-state index contributed by atoms with van der Waals surface area (Å²) in [4.78, 5) is 4.26. The van der Waals surface area contributed by atoms with Crippen LogP contribution in [0, 0.1) is 0 Å². The van der Waals surface area contributed by atoms with Gasteiger partial charge in [-0.1, -0.05) is 22.0 Å². The van der Waals surface area contributed by atoms with Crippen LogP contribution >= 0.6 is 47.8 Å². The van der Waals surface area contributed by atoms with Gasteiger partial charge in [0.15, 0.2) is 0 Å². The van der Waals surface area contributed by atoms with Gasteiger partial charge in [-0.2, -0.15) is 0 Å². The maximum absolute atomic E-state index is 5.72. The van der Waals surface area contributed by atoms with Gasteiger partial charge in [0, 0.05) is 16.0 Å². The van der Waals surface area contributed by atoms with E-state index in [9.17, 15) is 0 Å². The van der Waals surface area contributed by atoms with Crippen LogP contribution in [0.15, 0.2) is 45.5 Å². The first-order valence-electron chi connectivity index (χ1n) is 5.26. The minimum Gasteiger partial charge on any atom is -0.486 e. The predicted molar refractivity (Wildman–Crippen MR) is 83.0 cm³/mol. The van der Waals surface area contributed by atoms with Crippen molar-refractivity contribution in [3.05, 3.63) is 56.7 Å². The molecule has 0 saturated carbocycles. The molecule has 0 bridgehead atoms. The van der Waals surface area contributed by atoms with Gasteiger partial charge in [-0.05, 0) is 61.7 Å². The Morgan fingerprint density at radius 1 is 1.11 bits per heavy atom. The topological polar surface area (TPSA) is 22.1 Å². The predicted octanol–water partition coefficient (Wildman–Crippen LogP) is 5.08. The van der Waals surface area contributed by atoms with Crippen molar-refractivity contribution in [1.29, 1.82) is 0 Å². The SMILES string of the molecule is BrCc1ccc(OCc2ccc(Br)cn2)c(Br)c1. The lowest BCUT2D eigenvalue weighted by Crippen LogP contribution is -1.98. The fraction of sp³-hybridized carbons (Fsp3) is 0.154. The van der Waals surface area contributed by atoms with Crippen LogP contribution < -0.4 is 4.74 Å². The second-order valence-electron chi connectivity index (χ2n) is 3.65. The number of ether oxygens (including phenoxy) is 1. The summed E-state index contributed by atoms with van der Waals surface area (Å²) < 4.78 is 7.64. The first-order valence-corrected chi connectivity index (χ1v) is 7.97. The van der Waals surface area contributed by atoms with E-state index in [0.29, 0.717) is 6.61 Å². The smallest absolute Gasteiger partial charge is 0.134 e. The lowest BCUT2D eigenvalue weighted by atomic mass is 10.2. The molecular weight excluding hydrogens is 426 g/mol. The van der Waals surface area contributed by atoms with Gasteiger partial charge >= 0.3 is 0 Å². The Morgan fingerprint density at radius 3 is 2.56 bits per heavy atom. The summed E-state index contributed by atoms with van der Waals surface area (Å²) in [5.74, 6) is 0.824. The van der Waals surface area contributed by atoms with Crippen molar-refractivity contribution in [3.63, 3.8) is 0 Å². The molecule has 0 aliphatic rings. The Labute approximate surface area is 131 Å². The summed E-state index contributed by atoms with van der Waals surface area (Å²) in [6, 6.07) is 9.92. The molecule has 0 N–H and O–H groups in total. The number of nitrogens with zero attached hydrogens (tertiary/aromatic N) is 1. The minimum atomic E-state index is 0.458. The molecule has 2 aromatic rings. The van der Waals surface area contributed by atoms with E-state index in [4.69, 9.17) is 4.74 Å². The number of alkyl halides is 1. The number of benzene rings is 1. The highest BCUT2D eigenvalue weighted by molar-refractivity contribution is 9.11. The third-order valence-electron chi connectivity index (χ3n) is 2.31. The van der Waals surface area contributed by atoms with Crippen LogP contribution in [-0.2, 0) is 11.9 Å². The van der Waals surface area contributed by atoms with Crippen LogP contribution in [0.3, 0.4) is 0 Å². The molecule has 5 heteroatoms. The zero-order valence-corrected chi connectivity index (χ0v) is 14.1. The Balaban J connectivity index is 2.04. The highest BCUT2D eigenvalue weighted by Gasteiger charge is 2.03. The summed E-state index contributed by atoms with van der Waals surface area (Å²) in [5, 5.41) is 0.833. The van der Waals surface area contributed by atoms with Gasteiger partial charge < -0.3 is 4.74 Å². The van der Waals surface area contributed by atoms with Crippen molar-refractivity contribution in [1.82, 2.24) is 4.98 Å². The van der Waals surface area contributed by atoms with Gasteiger partial charge in [0.1, 0.15) is 12.4 Å². The molecule has 0 saturated heterocycles. The van der Waals surface area contributed by atoms with E-state index in [1.807, 2.05) is 30.3 Å². The van der Waals surface area contributed by atoms with E-state index in [-0.39, 0.29) is 0 Å². The Bertz CT molecular complexity index is 528. The quantitative estimate of drug-likeness (QED) is 0.625. The van der Waals surface area contributed by atoms with Gasteiger partial charge in [0.2, 0.25) is 0 Å². The van der Waals surface area contributed by atoms with Crippen LogP contribution in [-0.4, -0.2) is 4.98 Å². The molecule has 18 heavy (non-hydrogen) atoms. The van der Waals surface area contributed by atoms with E-state index in [2.05, 4.69) is 52.8 Å². The van der Waals surface area contributed by atoms with Gasteiger partial charge in [-0.25, -0.2) is 0 Å². The lowest BCUT2D eigenvalue weighted by Gasteiger charge is -2.08. The first-order chi connectivity index (χ1) is 8.69. The standard InChI is InChI=1S/C13H10Br3NO/c14-6-9-1-4-13(12(16)5-9)18-8-11-3-2-10(15)7-17-11/h1-5,7H,6,8H2. The second kappa shape index (κ2) is 6.68. The van der Waals surface area contributed by atoms with E-state index in [0.717, 1.165) is 25.7 Å². The zero-order chi connectivity index (χ0) is 13.0. The number of pyridine rings is 1. The highest BCUT2D eigenvalue weighted by Crippen LogP contribution is 2.27. The molecule has 2 nitrogen and oxygen atoms in total. The molecule has 0 unspecified atom stereocenters. The normalized spacial score (nSPS) is 10.4. The van der Waals surface area contributed by atoms with Crippen molar-refractivity contribution in [2.45, 2.75) is 11.9 Å². The number of aromatic nitrogens is 1. The molecule has 94 valence electrons. The fourth-order valence-corrected chi connectivity index (χ4v) is 2.51. The zero-order valence-electron chi connectivity index (χ0n) is 9.37. The minimum absolute atomic E-state index is 0.458. The molecule has 2 rings (SSSR count). The third-order valence-corrected chi connectivity index (χ3v) is 4.05. The first kappa shape index (κ1) is 14.0. The summed E-state index contributed by atoms with van der Waals surface area (Å²) in [5.41, 5.74) is 2.10. The summed E-state index contributed by atoms with van der Waals surface area (Å²) in [6.07, 6.45) is 1.77. The number of halogens is 3. The van der Waals surface area contributed by atoms with Crippen LogP contribution in [0.4, 0.5) is 0 Å². The third kappa shape index (κ3) is 3.80. The monoisotopic (exact) mass is 433 g/mol. The average molecular weight is 436 g/mol. The van der Waals surface area contributed by atoms with E-state index in [1.165, 1.54) is 5.56 Å². The molecule has 1 heterocycles. The average Bonchev–Trinajstić information content (AvgIpc) is 2.39. The number of rotatable bonds is 4. The lowest BCUT2D eigenvalue weighted by molar-refractivity contribution is 0.299. The maximum atomic E-state index is 5.72. The van der Waals surface area contributed by atoms with Crippen molar-refractivity contribution in [2.75, 3.05) is 0 Å². The van der Waals surface area contributed by atoms with Crippen molar-refractivity contribution >= 4 is 47.8 Å². The second-order valence-corrected chi connectivity index (χ2v) is 5.99. The molecule has 0 aliphatic carbocycles. The van der Waals surface area contributed by atoms with Crippen LogP contribution in [0.25, 0.3) is 0 Å². The molecule has 1 aromatic heterocycles. The Morgan fingerprint density at radius 2 is 1.94 bits per heavy atom. The summed E-state index contributed by atoms with van der Waals surface area (Å²) in [7, 11) is 0. The van der Waals surface area contributed by atoms with E-state index < -0.39 is 0 Å². The molecule has 0 radical (unpaired) electrons. The molecule has 0 fully saturated rings. The molecule has 0 spiro atoms. The molecule has 0 aliphatic heterocycles. The Kier molecular flexibility index (Phi) is 5.21. The highest BCUT2D eigenvalue weighted by atomic mass is 79.9. The summed E-state index contributed by atoms with van der Waals surface area (Å²) >= 11 is 10.3. The van der Waals surface area contributed by atoms with Crippen molar-refractivity contribution in [2.24, 2.45) is 0 Å². The number of hydrogen-bond acceptors (Lipinski definition) is 2. The van der Waals surface area contributed by atoms with Crippen LogP contribution in [0.2, 0.25) is 0 Å². The maximum Gasteiger partial charge on any atom is 0.134 e. The van der Waals surface area contributed by atoms with Gasteiger partial charge in [-0.15, -0.1) is 0 Å². The van der Waals surface area contributed by atoms with E-state index >= 15 is 0 Å². The fourth-order valence-electron chi connectivity index (χ4n) is 1.39. The van der Waals surface area contributed by atoms with Crippen molar-refractivity contribution in [3.8, 4) is 5.75 Å². The molecular formula is C13H10Br3NO. The molecule has 0 amide bonds. The Hall–Kier alpha value is -0.390. The van der Waals surface area contributed by atoms with Gasteiger partial charge in [-0.3, -0.25) is 4.98 Å². The van der Waals surface area contributed by atoms with Crippen LogP contribution in [0.1, 0.15) is 11.3 Å². The molecule has 1 aromatic carbocycles. The molecule has 0 atom stereocenters.